The van der Waals surface area contributed by atoms with E-state index in [9.17, 15) is 18.0 Å². The molecule has 1 aromatic rings. The van der Waals surface area contributed by atoms with Crippen molar-refractivity contribution in [3.05, 3.63) is 24.2 Å². The molecule has 16 heavy (non-hydrogen) atoms. The number of carbonyl (C=O) groups is 1. The fraction of sp³-hybridized carbons (Fsp3) is 0.500. The zero-order valence-electron chi connectivity index (χ0n) is 8.51. The molecule has 1 heterocycles. The molecule has 1 aromatic heterocycles. The quantitative estimate of drug-likeness (QED) is 0.797. The minimum absolute atomic E-state index is 0.0158. The smallest absolute Gasteiger partial charge is 0.389 e. The molecule has 1 rings (SSSR count). The number of hydrogen-bond donors (Lipinski definition) is 1. The molecule has 0 saturated carbocycles. The first-order valence-electron chi connectivity index (χ1n) is 4.87. The van der Waals surface area contributed by atoms with Gasteiger partial charge >= 0.3 is 6.18 Å². The van der Waals surface area contributed by atoms with Gasteiger partial charge in [-0.15, -0.1) is 0 Å². The van der Waals surface area contributed by atoms with Crippen LogP contribution in [0.25, 0.3) is 0 Å². The molecule has 0 saturated heterocycles. The summed E-state index contributed by atoms with van der Waals surface area (Å²) in [6.45, 7) is 0.218. The minimum atomic E-state index is -4.12. The Morgan fingerprint density at radius 1 is 1.38 bits per heavy atom. The van der Waals surface area contributed by atoms with E-state index in [1.165, 1.54) is 12.3 Å². The lowest BCUT2D eigenvalue weighted by molar-refractivity contribution is -0.135. The van der Waals surface area contributed by atoms with Crippen molar-refractivity contribution in [3.8, 4) is 0 Å². The van der Waals surface area contributed by atoms with Crippen molar-refractivity contribution in [1.29, 1.82) is 0 Å². The molecule has 0 aliphatic heterocycles. The Morgan fingerprint density at radius 3 is 2.69 bits per heavy atom. The summed E-state index contributed by atoms with van der Waals surface area (Å²) in [5, 5.41) is 2.47. The molecule has 1 amide bonds. The lowest BCUT2D eigenvalue weighted by atomic mass is 10.2. The number of rotatable bonds is 5. The Morgan fingerprint density at radius 2 is 2.12 bits per heavy atom. The molecule has 0 radical (unpaired) electrons. The van der Waals surface area contributed by atoms with Crippen molar-refractivity contribution < 1.29 is 22.4 Å². The number of unbranched alkanes of at least 4 members (excludes halogenated alkanes) is 1. The number of hydrogen-bond acceptors (Lipinski definition) is 2. The Hall–Kier alpha value is -1.46. The highest BCUT2D eigenvalue weighted by Crippen LogP contribution is 2.21. The second kappa shape index (κ2) is 5.58. The highest BCUT2D eigenvalue weighted by atomic mass is 19.4. The summed E-state index contributed by atoms with van der Waals surface area (Å²) in [7, 11) is 0. The van der Waals surface area contributed by atoms with Gasteiger partial charge in [0.25, 0.3) is 5.91 Å². The first-order chi connectivity index (χ1) is 7.49. The van der Waals surface area contributed by atoms with E-state index >= 15 is 0 Å². The standard InChI is InChI=1S/C10H12F3NO2/c11-10(12,13)5-1-2-6-14-9(15)8-4-3-7-16-8/h3-4,7H,1-2,5-6H2,(H,14,15). The van der Waals surface area contributed by atoms with E-state index in [1.807, 2.05) is 0 Å². The summed E-state index contributed by atoms with van der Waals surface area (Å²) in [5.74, 6) is -0.243. The van der Waals surface area contributed by atoms with Crippen molar-refractivity contribution in [1.82, 2.24) is 5.32 Å². The lowest BCUT2D eigenvalue weighted by Gasteiger charge is -2.06. The van der Waals surface area contributed by atoms with E-state index in [4.69, 9.17) is 4.42 Å². The molecule has 0 spiro atoms. The number of alkyl halides is 3. The van der Waals surface area contributed by atoms with Crippen molar-refractivity contribution in [2.45, 2.75) is 25.4 Å². The Balaban J connectivity index is 2.10. The van der Waals surface area contributed by atoms with Crippen molar-refractivity contribution in [3.63, 3.8) is 0 Å². The molecule has 90 valence electrons. The summed E-state index contributed by atoms with van der Waals surface area (Å²) in [4.78, 5) is 11.2. The van der Waals surface area contributed by atoms with Gasteiger partial charge in [0.15, 0.2) is 5.76 Å². The predicted molar refractivity (Wildman–Crippen MR) is 50.9 cm³/mol. The van der Waals surface area contributed by atoms with Gasteiger partial charge in [-0.1, -0.05) is 0 Å². The molecule has 0 atom stereocenters. The monoisotopic (exact) mass is 235 g/mol. The molecule has 0 aliphatic carbocycles. The van der Waals surface area contributed by atoms with Crippen LogP contribution in [0.2, 0.25) is 0 Å². The van der Waals surface area contributed by atoms with Crippen LogP contribution >= 0.6 is 0 Å². The first kappa shape index (κ1) is 12.6. The van der Waals surface area contributed by atoms with Gasteiger partial charge in [-0.3, -0.25) is 4.79 Å². The minimum Gasteiger partial charge on any atom is -0.459 e. The van der Waals surface area contributed by atoms with Gasteiger partial charge in [0.2, 0.25) is 0 Å². The third kappa shape index (κ3) is 4.86. The maximum absolute atomic E-state index is 11.8. The van der Waals surface area contributed by atoms with Gasteiger partial charge in [0.1, 0.15) is 0 Å². The van der Waals surface area contributed by atoms with Crippen molar-refractivity contribution >= 4 is 5.91 Å². The number of halogens is 3. The predicted octanol–water partition coefficient (Wildman–Crippen LogP) is 2.74. The SMILES string of the molecule is O=C(NCCCCC(F)(F)F)c1ccco1. The average Bonchev–Trinajstić information content (AvgIpc) is 2.67. The van der Waals surface area contributed by atoms with Crippen LogP contribution in [-0.2, 0) is 0 Å². The van der Waals surface area contributed by atoms with Crippen LogP contribution in [-0.4, -0.2) is 18.6 Å². The molecule has 3 nitrogen and oxygen atoms in total. The summed E-state index contributed by atoms with van der Waals surface area (Å²) < 4.78 is 40.1. The maximum atomic E-state index is 11.8. The number of carbonyl (C=O) groups excluding carboxylic acids is 1. The molecule has 1 N–H and O–H groups in total. The van der Waals surface area contributed by atoms with Crippen LogP contribution in [0, 0.1) is 0 Å². The Kier molecular flexibility index (Phi) is 4.39. The number of nitrogens with one attached hydrogen (secondary N) is 1. The topological polar surface area (TPSA) is 42.2 Å². The van der Waals surface area contributed by atoms with E-state index in [0.717, 1.165) is 0 Å². The van der Waals surface area contributed by atoms with Crippen LogP contribution in [0.3, 0.4) is 0 Å². The second-order valence-electron chi connectivity index (χ2n) is 3.31. The summed E-state index contributed by atoms with van der Waals surface area (Å²) in [6, 6.07) is 3.06. The van der Waals surface area contributed by atoms with E-state index < -0.39 is 18.5 Å². The molecule has 0 aromatic carbocycles. The third-order valence-corrected chi connectivity index (χ3v) is 1.92. The van der Waals surface area contributed by atoms with E-state index in [0.29, 0.717) is 6.42 Å². The highest BCUT2D eigenvalue weighted by Gasteiger charge is 2.25. The Bertz CT molecular complexity index is 319. The number of amides is 1. The van der Waals surface area contributed by atoms with E-state index in [-0.39, 0.29) is 18.7 Å². The highest BCUT2D eigenvalue weighted by molar-refractivity contribution is 5.91. The van der Waals surface area contributed by atoms with Gasteiger partial charge in [0.05, 0.1) is 6.26 Å². The van der Waals surface area contributed by atoms with Gasteiger partial charge in [-0.2, -0.15) is 13.2 Å². The molecular weight excluding hydrogens is 223 g/mol. The summed E-state index contributed by atoms with van der Waals surface area (Å²) >= 11 is 0. The normalized spacial score (nSPS) is 11.4. The lowest BCUT2D eigenvalue weighted by Crippen LogP contribution is -2.24. The van der Waals surface area contributed by atoms with E-state index in [1.54, 1.807) is 6.07 Å². The van der Waals surface area contributed by atoms with Gasteiger partial charge in [-0.05, 0) is 25.0 Å². The van der Waals surface area contributed by atoms with Crippen LogP contribution in [0.4, 0.5) is 13.2 Å². The molecule has 0 aliphatic rings. The maximum Gasteiger partial charge on any atom is 0.389 e. The van der Waals surface area contributed by atoms with Gasteiger partial charge in [0, 0.05) is 13.0 Å². The van der Waals surface area contributed by atoms with Gasteiger partial charge < -0.3 is 9.73 Å². The van der Waals surface area contributed by atoms with Crippen LogP contribution in [0.1, 0.15) is 29.8 Å². The summed E-state index contributed by atoms with van der Waals surface area (Å²) in [6.07, 6.45) is -3.26. The Labute approximate surface area is 90.6 Å². The third-order valence-electron chi connectivity index (χ3n) is 1.92. The zero-order chi connectivity index (χ0) is 12.0. The number of furan rings is 1. The fourth-order valence-corrected chi connectivity index (χ4v) is 1.15. The largest absolute Gasteiger partial charge is 0.459 e. The summed E-state index contributed by atoms with van der Waals surface area (Å²) in [5.41, 5.74) is 0. The van der Waals surface area contributed by atoms with Crippen LogP contribution in [0.15, 0.2) is 22.8 Å². The average molecular weight is 235 g/mol. The van der Waals surface area contributed by atoms with Crippen LogP contribution in [0.5, 0.6) is 0 Å². The fourth-order valence-electron chi connectivity index (χ4n) is 1.15. The molecule has 6 heteroatoms. The first-order valence-corrected chi connectivity index (χ1v) is 4.87. The van der Waals surface area contributed by atoms with Gasteiger partial charge in [-0.25, -0.2) is 0 Å². The van der Waals surface area contributed by atoms with Crippen molar-refractivity contribution in [2.75, 3.05) is 6.54 Å². The molecule has 0 fully saturated rings. The molecule has 0 unspecified atom stereocenters. The molecule has 0 bridgehead atoms. The van der Waals surface area contributed by atoms with E-state index in [2.05, 4.69) is 5.32 Å². The van der Waals surface area contributed by atoms with Crippen molar-refractivity contribution in [2.24, 2.45) is 0 Å². The second-order valence-corrected chi connectivity index (χ2v) is 3.31. The molecular formula is C10H12F3NO2. The zero-order valence-corrected chi connectivity index (χ0v) is 8.51. The van der Waals surface area contributed by atoms with Crippen LogP contribution < -0.4 is 5.32 Å².